The van der Waals surface area contributed by atoms with E-state index in [1.54, 1.807) is 0 Å². The molecule has 2 bridgehead atoms. The first-order chi connectivity index (χ1) is 9.02. The summed E-state index contributed by atoms with van der Waals surface area (Å²) in [6.07, 6.45) is 3.20. The molecule has 2 aliphatic rings. The molecular formula is C14H20O5. The SMILES string of the molecule is COC(=O)C[C@@H]1CC[C@]2(C(=O)OC)CCC(=O)[C@H]1C2. The fourth-order valence-corrected chi connectivity index (χ4v) is 3.55. The lowest BCUT2D eigenvalue weighted by Gasteiger charge is -2.45. The van der Waals surface area contributed by atoms with E-state index >= 15 is 0 Å². The van der Waals surface area contributed by atoms with E-state index < -0.39 is 5.41 Å². The lowest BCUT2D eigenvalue weighted by molar-refractivity contribution is -0.163. The van der Waals surface area contributed by atoms with E-state index in [0.29, 0.717) is 32.1 Å². The highest BCUT2D eigenvalue weighted by molar-refractivity contribution is 5.87. The minimum absolute atomic E-state index is 0.0121. The number of rotatable bonds is 3. The van der Waals surface area contributed by atoms with Gasteiger partial charge in [-0.25, -0.2) is 0 Å². The second-order valence-corrected chi connectivity index (χ2v) is 5.63. The molecule has 0 aromatic carbocycles. The Hall–Kier alpha value is -1.39. The van der Waals surface area contributed by atoms with Crippen LogP contribution in [0.2, 0.25) is 0 Å². The van der Waals surface area contributed by atoms with Crippen LogP contribution in [0.1, 0.15) is 38.5 Å². The quantitative estimate of drug-likeness (QED) is 0.725. The fraction of sp³-hybridized carbons (Fsp3) is 0.786. The Balaban J connectivity index is 2.14. The topological polar surface area (TPSA) is 69.7 Å². The van der Waals surface area contributed by atoms with Gasteiger partial charge in [-0.1, -0.05) is 0 Å². The molecule has 0 N–H and O–H groups in total. The summed E-state index contributed by atoms with van der Waals surface area (Å²) in [5.41, 5.74) is -0.500. The molecular weight excluding hydrogens is 248 g/mol. The van der Waals surface area contributed by atoms with Crippen molar-refractivity contribution in [2.45, 2.75) is 38.5 Å². The van der Waals surface area contributed by atoms with E-state index in [9.17, 15) is 14.4 Å². The zero-order valence-corrected chi connectivity index (χ0v) is 11.4. The summed E-state index contributed by atoms with van der Waals surface area (Å²) in [6, 6.07) is 0. The number of methoxy groups -OCH3 is 2. The van der Waals surface area contributed by atoms with Crippen molar-refractivity contribution in [1.82, 2.24) is 0 Å². The van der Waals surface area contributed by atoms with Gasteiger partial charge in [-0.05, 0) is 31.6 Å². The van der Waals surface area contributed by atoms with Gasteiger partial charge in [0.25, 0.3) is 0 Å². The number of Topliss-reactive ketones (excluding diaryl/α,β-unsaturated/α-hetero) is 1. The molecule has 5 heteroatoms. The third kappa shape index (κ3) is 2.51. The normalized spacial score (nSPS) is 33.7. The maximum absolute atomic E-state index is 12.0. The molecule has 3 atom stereocenters. The van der Waals surface area contributed by atoms with Gasteiger partial charge in [-0.2, -0.15) is 0 Å². The Morgan fingerprint density at radius 2 is 2.00 bits per heavy atom. The fourth-order valence-electron chi connectivity index (χ4n) is 3.55. The molecule has 0 saturated heterocycles. The molecule has 19 heavy (non-hydrogen) atoms. The van der Waals surface area contributed by atoms with Gasteiger partial charge in [-0.15, -0.1) is 0 Å². The van der Waals surface area contributed by atoms with E-state index in [1.165, 1.54) is 14.2 Å². The first kappa shape index (κ1) is 14.0. The Kier molecular flexibility index (Phi) is 3.92. The highest BCUT2D eigenvalue weighted by Gasteiger charge is 2.52. The second-order valence-electron chi connectivity index (χ2n) is 5.63. The minimum Gasteiger partial charge on any atom is -0.469 e. The average Bonchev–Trinajstić information content (AvgIpc) is 2.44. The molecule has 0 heterocycles. The van der Waals surface area contributed by atoms with Crippen LogP contribution in [0.25, 0.3) is 0 Å². The molecule has 2 fully saturated rings. The molecule has 0 radical (unpaired) electrons. The van der Waals surface area contributed by atoms with Crippen molar-refractivity contribution in [2.75, 3.05) is 14.2 Å². The molecule has 5 nitrogen and oxygen atoms in total. The van der Waals surface area contributed by atoms with Crippen molar-refractivity contribution in [3.63, 3.8) is 0 Å². The molecule has 2 rings (SSSR count). The predicted molar refractivity (Wildman–Crippen MR) is 66.2 cm³/mol. The van der Waals surface area contributed by atoms with Crippen molar-refractivity contribution < 1.29 is 23.9 Å². The number of ether oxygens (including phenoxy) is 2. The van der Waals surface area contributed by atoms with Crippen molar-refractivity contribution in [1.29, 1.82) is 0 Å². The van der Waals surface area contributed by atoms with E-state index in [2.05, 4.69) is 4.74 Å². The molecule has 2 aliphatic carbocycles. The molecule has 0 aromatic rings. The van der Waals surface area contributed by atoms with Gasteiger partial charge >= 0.3 is 11.9 Å². The van der Waals surface area contributed by atoms with Gasteiger partial charge in [0, 0.05) is 18.8 Å². The predicted octanol–water partition coefficient (Wildman–Crippen LogP) is 1.49. The van der Waals surface area contributed by atoms with Gasteiger partial charge in [-0.3, -0.25) is 14.4 Å². The largest absolute Gasteiger partial charge is 0.469 e. The summed E-state index contributed by atoms with van der Waals surface area (Å²) in [5.74, 6) is -0.498. The van der Waals surface area contributed by atoms with Crippen LogP contribution in [-0.2, 0) is 23.9 Å². The summed E-state index contributed by atoms with van der Waals surface area (Å²) >= 11 is 0. The summed E-state index contributed by atoms with van der Waals surface area (Å²) < 4.78 is 9.57. The summed E-state index contributed by atoms with van der Waals surface area (Å²) in [5, 5.41) is 0. The minimum atomic E-state index is -0.500. The second kappa shape index (κ2) is 5.31. The number of hydrogen-bond acceptors (Lipinski definition) is 5. The highest BCUT2D eigenvalue weighted by Crippen LogP contribution is 2.51. The summed E-state index contributed by atoms with van der Waals surface area (Å²) in [7, 11) is 2.75. The van der Waals surface area contributed by atoms with Gasteiger partial charge in [0.15, 0.2) is 0 Å². The standard InChI is InChI=1S/C14H20O5/c1-18-12(16)7-9-3-5-14(13(17)19-2)6-4-11(15)10(9)8-14/h9-10H,3-8H2,1-2H3/t9-,10-,14-/m0/s1. The smallest absolute Gasteiger partial charge is 0.311 e. The third-order valence-electron chi connectivity index (χ3n) is 4.71. The van der Waals surface area contributed by atoms with Crippen molar-refractivity contribution >= 4 is 17.7 Å². The number of carbonyl (C=O) groups excluding carboxylic acids is 3. The van der Waals surface area contributed by atoms with E-state index in [4.69, 9.17) is 4.74 Å². The average molecular weight is 268 g/mol. The van der Waals surface area contributed by atoms with Crippen LogP contribution >= 0.6 is 0 Å². The van der Waals surface area contributed by atoms with Crippen molar-refractivity contribution in [2.24, 2.45) is 17.3 Å². The number of hydrogen-bond donors (Lipinski definition) is 0. The molecule has 0 spiro atoms. The number of ketones is 1. The number of fused-ring (bicyclic) bond motifs is 2. The van der Waals surface area contributed by atoms with Crippen LogP contribution in [-0.4, -0.2) is 31.9 Å². The molecule has 2 saturated carbocycles. The van der Waals surface area contributed by atoms with Crippen molar-refractivity contribution in [3.8, 4) is 0 Å². The molecule has 0 aliphatic heterocycles. The van der Waals surface area contributed by atoms with Crippen molar-refractivity contribution in [3.05, 3.63) is 0 Å². The molecule has 106 valence electrons. The van der Waals surface area contributed by atoms with E-state index in [1.807, 2.05) is 0 Å². The molecule has 0 amide bonds. The van der Waals surface area contributed by atoms with Crippen LogP contribution in [0.5, 0.6) is 0 Å². The van der Waals surface area contributed by atoms with Gasteiger partial charge in [0.05, 0.1) is 19.6 Å². The van der Waals surface area contributed by atoms with Crippen LogP contribution in [0, 0.1) is 17.3 Å². The monoisotopic (exact) mass is 268 g/mol. The number of carbonyl (C=O) groups is 3. The maximum Gasteiger partial charge on any atom is 0.311 e. The Bertz CT molecular complexity index is 403. The third-order valence-corrected chi connectivity index (χ3v) is 4.71. The zero-order valence-electron chi connectivity index (χ0n) is 11.4. The Morgan fingerprint density at radius 3 is 2.63 bits per heavy atom. The lowest BCUT2D eigenvalue weighted by Crippen LogP contribution is -2.47. The van der Waals surface area contributed by atoms with Gasteiger partial charge < -0.3 is 9.47 Å². The van der Waals surface area contributed by atoms with Crippen LogP contribution in [0.3, 0.4) is 0 Å². The first-order valence-electron chi connectivity index (χ1n) is 6.70. The van der Waals surface area contributed by atoms with Crippen LogP contribution in [0.4, 0.5) is 0 Å². The van der Waals surface area contributed by atoms with Crippen LogP contribution < -0.4 is 0 Å². The Labute approximate surface area is 112 Å². The van der Waals surface area contributed by atoms with Crippen LogP contribution in [0.15, 0.2) is 0 Å². The van der Waals surface area contributed by atoms with Gasteiger partial charge in [0.2, 0.25) is 0 Å². The number of esters is 2. The first-order valence-corrected chi connectivity index (χ1v) is 6.70. The highest BCUT2D eigenvalue weighted by atomic mass is 16.5. The van der Waals surface area contributed by atoms with Gasteiger partial charge in [0.1, 0.15) is 5.78 Å². The van der Waals surface area contributed by atoms with E-state index in [-0.39, 0.29) is 36.0 Å². The maximum atomic E-state index is 12.0. The molecule has 0 unspecified atom stereocenters. The Morgan fingerprint density at radius 1 is 1.26 bits per heavy atom. The lowest BCUT2D eigenvalue weighted by atomic mass is 9.57. The van der Waals surface area contributed by atoms with E-state index in [0.717, 1.165) is 0 Å². The summed E-state index contributed by atoms with van der Waals surface area (Å²) in [6.45, 7) is 0. The summed E-state index contributed by atoms with van der Waals surface area (Å²) in [4.78, 5) is 35.4. The zero-order chi connectivity index (χ0) is 14.0. The molecule has 0 aromatic heterocycles.